The summed E-state index contributed by atoms with van der Waals surface area (Å²) in [5.41, 5.74) is 6.57. The van der Waals surface area contributed by atoms with Gasteiger partial charge < -0.3 is 15.2 Å². The molecule has 2 aliphatic heterocycles. The van der Waals surface area contributed by atoms with Crippen LogP contribution in [0.3, 0.4) is 0 Å². The van der Waals surface area contributed by atoms with E-state index in [4.69, 9.17) is 15.2 Å². The molecule has 0 bridgehead atoms. The zero-order chi connectivity index (χ0) is 15.1. The Balaban J connectivity index is 1.92. The average molecular weight is 311 g/mol. The second-order valence-corrected chi connectivity index (χ2v) is 8.22. The van der Waals surface area contributed by atoms with Crippen LogP contribution in [0.4, 0.5) is 5.69 Å². The molecule has 1 aromatic rings. The fourth-order valence-corrected chi connectivity index (χ4v) is 5.32. The zero-order valence-electron chi connectivity index (χ0n) is 12.2. The standard InChI is InChI=1S/C15H21NO4S/c1-11-2-3-12(16)8-14(11)21(17,18)13-4-6-20-15(9-13)5-7-19-10-15/h2-3,8,13H,4-7,9-10,16H2,1H3. The predicted molar refractivity (Wildman–Crippen MR) is 79.9 cm³/mol. The van der Waals surface area contributed by atoms with Crippen LogP contribution >= 0.6 is 0 Å². The van der Waals surface area contributed by atoms with Crippen LogP contribution in [-0.2, 0) is 19.3 Å². The molecule has 0 amide bonds. The summed E-state index contributed by atoms with van der Waals surface area (Å²) in [6, 6.07) is 5.05. The molecular formula is C15H21NO4S. The maximum atomic E-state index is 12.9. The van der Waals surface area contributed by atoms with Crippen molar-refractivity contribution in [1.29, 1.82) is 0 Å². The smallest absolute Gasteiger partial charge is 0.181 e. The van der Waals surface area contributed by atoms with Gasteiger partial charge in [0.2, 0.25) is 0 Å². The molecule has 0 aliphatic carbocycles. The summed E-state index contributed by atoms with van der Waals surface area (Å²) in [6.45, 7) is 3.41. The summed E-state index contributed by atoms with van der Waals surface area (Å²) >= 11 is 0. The Labute approximate surface area is 125 Å². The molecule has 2 saturated heterocycles. The highest BCUT2D eigenvalue weighted by molar-refractivity contribution is 7.92. The van der Waals surface area contributed by atoms with E-state index in [1.54, 1.807) is 25.1 Å². The predicted octanol–water partition coefficient (Wildman–Crippen LogP) is 1.69. The van der Waals surface area contributed by atoms with Crippen molar-refractivity contribution in [1.82, 2.24) is 0 Å². The van der Waals surface area contributed by atoms with Gasteiger partial charge in [-0.05, 0) is 37.5 Å². The van der Waals surface area contributed by atoms with Crippen molar-refractivity contribution in [2.24, 2.45) is 0 Å². The molecule has 116 valence electrons. The normalized spacial score (nSPS) is 29.9. The first-order valence-corrected chi connectivity index (χ1v) is 8.79. The van der Waals surface area contributed by atoms with E-state index in [0.29, 0.717) is 43.2 Å². The van der Waals surface area contributed by atoms with Crippen molar-refractivity contribution in [3.63, 3.8) is 0 Å². The summed E-state index contributed by atoms with van der Waals surface area (Å²) in [5, 5.41) is -0.423. The molecule has 1 spiro atoms. The number of rotatable bonds is 2. The van der Waals surface area contributed by atoms with Crippen LogP contribution < -0.4 is 5.73 Å². The van der Waals surface area contributed by atoms with E-state index in [2.05, 4.69) is 0 Å². The molecule has 21 heavy (non-hydrogen) atoms. The van der Waals surface area contributed by atoms with E-state index in [9.17, 15) is 8.42 Å². The molecular weight excluding hydrogens is 290 g/mol. The minimum atomic E-state index is -3.39. The fourth-order valence-electron chi connectivity index (χ4n) is 3.21. The highest BCUT2D eigenvalue weighted by atomic mass is 32.2. The third-order valence-corrected chi connectivity index (χ3v) is 6.81. The number of nitrogen functional groups attached to an aromatic ring is 1. The molecule has 1 aromatic carbocycles. The van der Waals surface area contributed by atoms with Gasteiger partial charge in [0.15, 0.2) is 9.84 Å². The first-order valence-electron chi connectivity index (χ1n) is 7.25. The largest absolute Gasteiger partial charge is 0.399 e. The third kappa shape index (κ3) is 2.67. The summed E-state index contributed by atoms with van der Waals surface area (Å²) in [4.78, 5) is 0.350. The fraction of sp³-hybridized carbons (Fsp3) is 0.600. The van der Waals surface area contributed by atoms with Crippen LogP contribution in [0, 0.1) is 6.92 Å². The van der Waals surface area contributed by atoms with Gasteiger partial charge in [-0.15, -0.1) is 0 Å². The molecule has 0 saturated carbocycles. The topological polar surface area (TPSA) is 78.6 Å². The van der Waals surface area contributed by atoms with Crippen LogP contribution in [0.25, 0.3) is 0 Å². The Morgan fingerprint density at radius 2 is 2.14 bits per heavy atom. The molecule has 2 fully saturated rings. The SMILES string of the molecule is Cc1ccc(N)cc1S(=O)(=O)C1CCOC2(CCOC2)C1. The molecule has 2 N–H and O–H groups in total. The van der Waals surface area contributed by atoms with Gasteiger partial charge in [-0.2, -0.15) is 0 Å². The van der Waals surface area contributed by atoms with Gasteiger partial charge in [0, 0.05) is 25.3 Å². The molecule has 6 heteroatoms. The van der Waals surface area contributed by atoms with Gasteiger partial charge in [0.25, 0.3) is 0 Å². The Morgan fingerprint density at radius 3 is 2.86 bits per heavy atom. The number of hydrogen-bond acceptors (Lipinski definition) is 5. The number of ether oxygens (including phenoxy) is 2. The molecule has 5 nitrogen and oxygen atoms in total. The first kappa shape index (κ1) is 14.8. The first-order chi connectivity index (χ1) is 9.93. The van der Waals surface area contributed by atoms with Crippen molar-refractivity contribution >= 4 is 15.5 Å². The number of nitrogens with two attached hydrogens (primary N) is 1. The lowest BCUT2D eigenvalue weighted by atomic mass is 9.93. The third-order valence-electron chi connectivity index (χ3n) is 4.47. The van der Waals surface area contributed by atoms with Gasteiger partial charge in [-0.25, -0.2) is 8.42 Å². The van der Waals surface area contributed by atoms with Crippen molar-refractivity contribution in [2.45, 2.75) is 41.9 Å². The molecule has 3 rings (SSSR count). The Kier molecular flexibility index (Phi) is 3.71. The zero-order valence-corrected chi connectivity index (χ0v) is 13.0. The second kappa shape index (κ2) is 5.26. The second-order valence-electron chi connectivity index (χ2n) is 6.02. The summed E-state index contributed by atoms with van der Waals surface area (Å²) in [6.07, 6.45) is 1.80. The lowest BCUT2D eigenvalue weighted by Crippen LogP contribution is -2.45. The van der Waals surface area contributed by atoms with Crippen molar-refractivity contribution in [3.05, 3.63) is 23.8 Å². The molecule has 2 unspecified atom stereocenters. The Morgan fingerprint density at radius 1 is 1.33 bits per heavy atom. The maximum absolute atomic E-state index is 12.9. The van der Waals surface area contributed by atoms with Crippen molar-refractivity contribution in [3.8, 4) is 0 Å². The number of sulfone groups is 1. The van der Waals surface area contributed by atoms with Gasteiger partial charge in [0.05, 0.1) is 22.4 Å². The Hall–Kier alpha value is -1.11. The van der Waals surface area contributed by atoms with E-state index in [1.165, 1.54) is 0 Å². The van der Waals surface area contributed by atoms with Gasteiger partial charge in [-0.3, -0.25) is 0 Å². The van der Waals surface area contributed by atoms with Crippen molar-refractivity contribution in [2.75, 3.05) is 25.6 Å². The summed E-state index contributed by atoms with van der Waals surface area (Å²) < 4.78 is 37.1. The monoisotopic (exact) mass is 311 g/mol. The summed E-state index contributed by atoms with van der Waals surface area (Å²) in [5.74, 6) is 0. The van der Waals surface area contributed by atoms with E-state index in [0.717, 1.165) is 12.0 Å². The average Bonchev–Trinajstić information content (AvgIpc) is 2.89. The van der Waals surface area contributed by atoms with Crippen LogP contribution in [0.5, 0.6) is 0 Å². The highest BCUT2D eigenvalue weighted by Crippen LogP contribution is 2.38. The minimum Gasteiger partial charge on any atom is -0.399 e. The Bertz CT molecular complexity index is 635. The van der Waals surface area contributed by atoms with Crippen molar-refractivity contribution < 1.29 is 17.9 Å². The van der Waals surface area contributed by atoms with E-state index < -0.39 is 20.7 Å². The van der Waals surface area contributed by atoms with Crippen LogP contribution in [-0.4, -0.2) is 39.1 Å². The molecule has 0 aromatic heterocycles. The lowest BCUT2D eigenvalue weighted by molar-refractivity contribution is -0.0778. The molecule has 2 atom stereocenters. The number of aryl methyl sites for hydroxylation is 1. The van der Waals surface area contributed by atoms with Crippen LogP contribution in [0.1, 0.15) is 24.8 Å². The van der Waals surface area contributed by atoms with Crippen LogP contribution in [0.15, 0.2) is 23.1 Å². The molecule has 0 radical (unpaired) electrons. The highest BCUT2D eigenvalue weighted by Gasteiger charge is 2.45. The number of hydrogen-bond donors (Lipinski definition) is 1. The molecule has 2 heterocycles. The lowest BCUT2D eigenvalue weighted by Gasteiger charge is -2.36. The molecule has 2 aliphatic rings. The van der Waals surface area contributed by atoms with E-state index >= 15 is 0 Å². The quantitative estimate of drug-likeness (QED) is 0.841. The minimum absolute atomic E-state index is 0.350. The van der Waals surface area contributed by atoms with Gasteiger partial charge in [0.1, 0.15) is 0 Å². The number of benzene rings is 1. The van der Waals surface area contributed by atoms with Gasteiger partial charge in [-0.1, -0.05) is 6.07 Å². The maximum Gasteiger partial charge on any atom is 0.181 e. The van der Waals surface area contributed by atoms with E-state index in [1.807, 2.05) is 0 Å². The summed E-state index contributed by atoms with van der Waals surface area (Å²) in [7, 11) is -3.39. The van der Waals surface area contributed by atoms with Crippen LogP contribution in [0.2, 0.25) is 0 Å². The van der Waals surface area contributed by atoms with Gasteiger partial charge >= 0.3 is 0 Å². The number of anilines is 1. The van der Waals surface area contributed by atoms with E-state index in [-0.39, 0.29) is 0 Å².